The van der Waals surface area contributed by atoms with Gasteiger partial charge in [0.1, 0.15) is 5.69 Å². The summed E-state index contributed by atoms with van der Waals surface area (Å²) in [6, 6.07) is 1.49. The van der Waals surface area contributed by atoms with Crippen molar-refractivity contribution in [2.24, 2.45) is 0 Å². The molecule has 0 aliphatic heterocycles. The Bertz CT molecular complexity index is 367. The summed E-state index contributed by atoms with van der Waals surface area (Å²) >= 11 is 3.03. The molecule has 1 aromatic rings. The van der Waals surface area contributed by atoms with Gasteiger partial charge in [0.15, 0.2) is 5.78 Å². The first kappa shape index (κ1) is 10.8. The molecule has 0 atom stereocenters. The Morgan fingerprint density at radius 2 is 2.29 bits per heavy atom. The van der Waals surface area contributed by atoms with E-state index in [-0.39, 0.29) is 28.7 Å². The quantitative estimate of drug-likeness (QED) is 0.648. The maximum atomic E-state index is 11.2. The number of alkyl halides is 1. The fourth-order valence-electron chi connectivity index (χ4n) is 0.800. The zero-order valence-electron chi connectivity index (χ0n) is 7.45. The number of carbonyl (C=O) groups is 2. The van der Waals surface area contributed by atoms with E-state index < -0.39 is 0 Å². The van der Waals surface area contributed by atoms with E-state index >= 15 is 0 Å². The third kappa shape index (κ3) is 2.88. The predicted octanol–water partition coefficient (Wildman–Crippen LogP) is 1.01. The minimum absolute atomic E-state index is 0.143. The highest BCUT2D eigenvalue weighted by atomic mass is 79.9. The predicted molar refractivity (Wildman–Crippen MR) is 54.5 cm³/mol. The number of anilines is 1. The van der Waals surface area contributed by atoms with Crippen molar-refractivity contribution in [3.63, 3.8) is 0 Å². The van der Waals surface area contributed by atoms with Crippen LogP contribution in [-0.4, -0.2) is 27.0 Å². The third-order valence-corrected chi connectivity index (χ3v) is 1.86. The van der Waals surface area contributed by atoms with Crippen molar-refractivity contribution in [3.8, 4) is 0 Å². The van der Waals surface area contributed by atoms with Crippen molar-refractivity contribution >= 4 is 33.6 Å². The topological polar surface area (TPSA) is 72.0 Å². The number of aromatic nitrogens is 2. The van der Waals surface area contributed by atoms with E-state index in [2.05, 4.69) is 31.2 Å². The first-order valence-electron chi connectivity index (χ1n) is 3.83. The molecule has 0 fully saturated rings. The largest absolute Gasteiger partial charge is 0.295 e. The molecule has 0 bridgehead atoms. The van der Waals surface area contributed by atoms with Crippen LogP contribution in [0.4, 0.5) is 5.95 Å². The molecule has 0 saturated heterocycles. The molecule has 74 valence electrons. The minimum Gasteiger partial charge on any atom is -0.295 e. The number of Topliss-reactive ketones (excluding diaryl/α,β-unsaturated/α-hetero) is 1. The molecule has 0 aromatic carbocycles. The monoisotopic (exact) mass is 257 g/mol. The number of nitrogens with one attached hydrogen (secondary N) is 1. The van der Waals surface area contributed by atoms with Crippen LogP contribution < -0.4 is 5.32 Å². The molecule has 1 amide bonds. The summed E-state index contributed by atoms with van der Waals surface area (Å²) in [4.78, 5) is 29.5. The Morgan fingerprint density at radius 1 is 1.57 bits per heavy atom. The number of hydrogen-bond donors (Lipinski definition) is 1. The Hall–Kier alpha value is -1.30. The second-order valence-electron chi connectivity index (χ2n) is 2.50. The fraction of sp³-hybridized carbons (Fsp3) is 0.250. The average molecular weight is 258 g/mol. The van der Waals surface area contributed by atoms with Gasteiger partial charge in [-0.2, -0.15) is 0 Å². The second kappa shape index (κ2) is 4.80. The van der Waals surface area contributed by atoms with Crippen molar-refractivity contribution in [3.05, 3.63) is 18.0 Å². The van der Waals surface area contributed by atoms with Crippen LogP contribution in [0.2, 0.25) is 0 Å². The lowest BCUT2D eigenvalue weighted by molar-refractivity contribution is -0.114. The highest BCUT2D eigenvalue weighted by molar-refractivity contribution is 9.09. The molecule has 0 spiro atoms. The summed E-state index contributed by atoms with van der Waals surface area (Å²) < 4.78 is 0. The SMILES string of the molecule is CC(=O)Nc1nccc(C(=O)CBr)n1. The van der Waals surface area contributed by atoms with Gasteiger partial charge in [-0.15, -0.1) is 0 Å². The van der Waals surface area contributed by atoms with Crippen LogP contribution in [0, 0.1) is 0 Å². The number of hydrogen-bond acceptors (Lipinski definition) is 4. The number of nitrogens with zero attached hydrogens (tertiary/aromatic N) is 2. The molecule has 0 unspecified atom stereocenters. The Morgan fingerprint density at radius 3 is 2.86 bits per heavy atom. The van der Waals surface area contributed by atoms with E-state index in [1.54, 1.807) is 0 Å². The Kier molecular flexibility index (Phi) is 3.70. The smallest absolute Gasteiger partial charge is 0.230 e. The molecular formula is C8H8BrN3O2. The zero-order valence-corrected chi connectivity index (χ0v) is 9.04. The summed E-state index contributed by atoms with van der Waals surface area (Å²) in [5.41, 5.74) is 0.278. The highest BCUT2D eigenvalue weighted by Gasteiger charge is 2.07. The number of halogens is 1. The molecule has 0 aliphatic carbocycles. The number of ketones is 1. The number of amides is 1. The fourth-order valence-corrected chi connectivity index (χ4v) is 1.09. The van der Waals surface area contributed by atoms with Gasteiger partial charge >= 0.3 is 0 Å². The molecule has 1 N–H and O–H groups in total. The van der Waals surface area contributed by atoms with Crippen LogP contribution in [0.3, 0.4) is 0 Å². The van der Waals surface area contributed by atoms with Gasteiger partial charge in [-0.25, -0.2) is 9.97 Å². The van der Waals surface area contributed by atoms with Crippen molar-refractivity contribution in [1.29, 1.82) is 0 Å². The minimum atomic E-state index is -0.270. The Balaban J connectivity index is 2.89. The highest BCUT2D eigenvalue weighted by Crippen LogP contribution is 2.02. The molecule has 1 rings (SSSR count). The summed E-state index contributed by atoms with van der Waals surface area (Å²) in [7, 11) is 0. The molecule has 0 radical (unpaired) electrons. The van der Waals surface area contributed by atoms with E-state index in [9.17, 15) is 9.59 Å². The summed E-state index contributed by atoms with van der Waals surface area (Å²) in [6.45, 7) is 1.35. The van der Waals surface area contributed by atoms with Crippen molar-refractivity contribution in [2.75, 3.05) is 10.6 Å². The van der Waals surface area contributed by atoms with Crippen LogP contribution in [0.25, 0.3) is 0 Å². The lowest BCUT2D eigenvalue weighted by atomic mass is 10.3. The standard InChI is InChI=1S/C8H8BrN3O2/c1-5(13)11-8-10-3-2-6(12-8)7(14)4-9/h2-3H,4H2,1H3,(H,10,11,12,13). The summed E-state index contributed by atoms with van der Waals surface area (Å²) in [6.07, 6.45) is 1.42. The molecule has 5 nitrogen and oxygen atoms in total. The molecule has 1 aromatic heterocycles. The first-order valence-corrected chi connectivity index (χ1v) is 4.95. The first-order chi connectivity index (χ1) is 6.63. The maximum absolute atomic E-state index is 11.2. The van der Waals surface area contributed by atoms with Crippen LogP contribution in [0.1, 0.15) is 17.4 Å². The van der Waals surface area contributed by atoms with Gasteiger partial charge in [0, 0.05) is 13.1 Å². The molecule has 1 heterocycles. The molecule has 0 saturated carbocycles. The van der Waals surface area contributed by atoms with Gasteiger partial charge in [0.25, 0.3) is 0 Å². The Labute approximate surface area is 89.1 Å². The van der Waals surface area contributed by atoms with Crippen molar-refractivity contribution in [2.45, 2.75) is 6.92 Å². The van der Waals surface area contributed by atoms with E-state index in [4.69, 9.17) is 0 Å². The summed E-state index contributed by atoms with van der Waals surface area (Å²) in [5.74, 6) is -0.281. The molecule has 0 aliphatic rings. The van der Waals surface area contributed by atoms with Gasteiger partial charge < -0.3 is 0 Å². The zero-order chi connectivity index (χ0) is 10.6. The van der Waals surface area contributed by atoms with Crippen LogP contribution in [0.15, 0.2) is 12.3 Å². The van der Waals surface area contributed by atoms with Gasteiger partial charge in [-0.3, -0.25) is 14.9 Å². The molecular weight excluding hydrogens is 250 g/mol. The second-order valence-corrected chi connectivity index (χ2v) is 3.06. The summed E-state index contributed by atoms with van der Waals surface area (Å²) in [5, 5.41) is 2.59. The maximum Gasteiger partial charge on any atom is 0.230 e. The normalized spacial score (nSPS) is 9.57. The van der Waals surface area contributed by atoms with Crippen LogP contribution >= 0.6 is 15.9 Å². The van der Waals surface area contributed by atoms with E-state index in [0.717, 1.165) is 0 Å². The van der Waals surface area contributed by atoms with E-state index in [1.807, 2.05) is 0 Å². The molecule has 6 heteroatoms. The third-order valence-electron chi connectivity index (χ3n) is 1.35. The lowest BCUT2D eigenvalue weighted by Gasteiger charge is -2.00. The van der Waals surface area contributed by atoms with E-state index in [1.165, 1.54) is 19.2 Å². The van der Waals surface area contributed by atoms with Crippen LogP contribution in [-0.2, 0) is 4.79 Å². The van der Waals surface area contributed by atoms with Crippen LogP contribution in [0.5, 0.6) is 0 Å². The molecule has 14 heavy (non-hydrogen) atoms. The lowest BCUT2D eigenvalue weighted by Crippen LogP contribution is -2.12. The van der Waals surface area contributed by atoms with Crippen molar-refractivity contribution < 1.29 is 9.59 Å². The number of carbonyl (C=O) groups excluding carboxylic acids is 2. The van der Waals surface area contributed by atoms with E-state index in [0.29, 0.717) is 0 Å². The van der Waals surface area contributed by atoms with Gasteiger partial charge in [-0.1, -0.05) is 15.9 Å². The van der Waals surface area contributed by atoms with Gasteiger partial charge in [0.05, 0.1) is 5.33 Å². The van der Waals surface area contributed by atoms with Gasteiger partial charge in [-0.05, 0) is 6.07 Å². The van der Waals surface area contributed by atoms with Crippen molar-refractivity contribution in [1.82, 2.24) is 9.97 Å². The number of rotatable bonds is 3. The average Bonchev–Trinajstić information content (AvgIpc) is 2.16. The van der Waals surface area contributed by atoms with Gasteiger partial charge in [0.2, 0.25) is 11.9 Å².